The summed E-state index contributed by atoms with van der Waals surface area (Å²) < 4.78 is 43.6. The molecule has 10 nitrogen and oxygen atoms in total. The number of aliphatic hydroxyl groups is 3. The molecule has 0 radical (unpaired) electrons. The van der Waals surface area contributed by atoms with Crippen molar-refractivity contribution in [2.75, 3.05) is 6.61 Å². The van der Waals surface area contributed by atoms with Crippen molar-refractivity contribution in [2.24, 2.45) is 0 Å². The summed E-state index contributed by atoms with van der Waals surface area (Å²) in [6.07, 6.45) is -9.89. The van der Waals surface area contributed by atoms with Crippen LogP contribution in [-0.4, -0.2) is 83.3 Å². The lowest BCUT2D eigenvalue weighted by molar-refractivity contribution is -0.338. The van der Waals surface area contributed by atoms with E-state index in [-0.39, 0.29) is 33.0 Å². The molecule has 2 saturated heterocycles. The van der Waals surface area contributed by atoms with Crippen LogP contribution in [0.2, 0.25) is 0 Å². The van der Waals surface area contributed by atoms with Gasteiger partial charge in [0.1, 0.15) is 42.7 Å². The first-order valence-electron chi connectivity index (χ1n) is 17.0. The second-order valence-corrected chi connectivity index (χ2v) is 12.6. The van der Waals surface area contributed by atoms with E-state index in [4.69, 9.17) is 33.2 Å². The van der Waals surface area contributed by atoms with Gasteiger partial charge in [-0.15, -0.1) is 0 Å². The van der Waals surface area contributed by atoms with Gasteiger partial charge in [0.05, 0.1) is 39.1 Å². The third-order valence-corrected chi connectivity index (χ3v) is 8.96. The molecule has 2 aliphatic heterocycles. The van der Waals surface area contributed by atoms with Gasteiger partial charge < -0.3 is 48.5 Å². The Morgan fingerprint density at radius 1 is 0.460 bits per heavy atom. The molecule has 10 heteroatoms. The van der Waals surface area contributed by atoms with E-state index in [0.717, 1.165) is 22.3 Å². The minimum absolute atomic E-state index is 0.136. The molecule has 266 valence electrons. The van der Waals surface area contributed by atoms with Gasteiger partial charge in [0.15, 0.2) is 12.6 Å². The molecule has 0 amide bonds. The number of hydrogen-bond donors (Lipinski definition) is 3. The molecule has 0 aliphatic carbocycles. The highest BCUT2D eigenvalue weighted by atomic mass is 16.7. The van der Waals surface area contributed by atoms with Gasteiger partial charge >= 0.3 is 0 Å². The lowest BCUT2D eigenvalue weighted by Gasteiger charge is -2.45. The van der Waals surface area contributed by atoms with Crippen LogP contribution in [0, 0.1) is 0 Å². The normalized spacial score (nSPS) is 29.8. The highest BCUT2D eigenvalue weighted by Gasteiger charge is 2.50. The van der Waals surface area contributed by atoms with Gasteiger partial charge in [-0.1, -0.05) is 121 Å². The van der Waals surface area contributed by atoms with Crippen molar-refractivity contribution in [1.29, 1.82) is 0 Å². The fourth-order valence-electron chi connectivity index (χ4n) is 6.19. The summed E-state index contributed by atoms with van der Waals surface area (Å²) >= 11 is 0. The third kappa shape index (κ3) is 9.62. The van der Waals surface area contributed by atoms with Gasteiger partial charge in [-0.3, -0.25) is 0 Å². The van der Waals surface area contributed by atoms with Crippen molar-refractivity contribution in [3.05, 3.63) is 144 Å². The number of benzene rings is 4. The fraction of sp³-hybridized carbons (Fsp3) is 0.400. The van der Waals surface area contributed by atoms with Crippen LogP contribution < -0.4 is 0 Å². The van der Waals surface area contributed by atoms with Gasteiger partial charge in [-0.25, -0.2) is 0 Å². The Bertz CT molecular complexity index is 1530. The molecule has 50 heavy (non-hydrogen) atoms. The smallest absolute Gasteiger partial charge is 0.186 e. The SMILES string of the molecule is C[C@@H]1O[C@H](OC[C@H]2O[C@H](O)[C@H](OCc3ccccc3)[C@@H](OCc3ccccc3)[C@@H]2OCc2ccccc2)[C@H](O)[C@H](OCc2ccccc2)[C@H]1O. The molecule has 0 aromatic heterocycles. The van der Waals surface area contributed by atoms with E-state index in [0.29, 0.717) is 0 Å². The van der Waals surface area contributed by atoms with Crippen molar-refractivity contribution in [2.45, 2.75) is 94.8 Å². The topological polar surface area (TPSA) is 125 Å². The summed E-state index contributed by atoms with van der Waals surface area (Å²) in [5.74, 6) is 0. The highest BCUT2D eigenvalue weighted by molar-refractivity contribution is 5.16. The van der Waals surface area contributed by atoms with Crippen molar-refractivity contribution in [1.82, 2.24) is 0 Å². The van der Waals surface area contributed by atoms with Gasteiger partial charge in [0.2, 0.25) is 0 Å². The molecule has 10 atom stereocenters. The van der Waals surface area contributed by atoms with Crippen LogP contribution in [0.5, 0.6) is 0 Å². The maximum Gasteiger partial charge on any atom is 0.186 e. The molecule has 0 bridgehead atoms. The van der Waals surface area contributed by atoms with Crippen LogP contribution in [0.3, 0.4) is 0 Å². The first kappa shape index (κ1) is 36.3. The molecule has 0 saturated carbocycles. The first-order valence-corrected chi connectivity index (χ1v) is 17.0. The number of rotatable bonds is 15. The second kappa shape index (κ2) is 18.1. The van der Waals surface area contributed by atoms with Gasteiger partial charge in [-0.05, 0) is 29.2 Å². The van der Waals surface area contributed by atoms with Crippen LogP contribution in [0.25, 0.3) is 0 Å². The Morgan fingerprint density at radius 2 is 0.860 bits per heavy atom. The van der Waals surface area contributed by atoms with Crippen LogP contribution in [0.4, 0.5) is 0 Å². The lowest BCUT2D eigenvalue weighted by atomic mass is 9.97. The van der Waals surface area contributed by atoms with Crippen LogP contribution in [0.1, 0.15) is 29.2 Å². The minimum Gasteiger partial charge on any atom is -0.388 e. The van der Waals surface area contributed by atoms with Crippen molar-refractivity contribution in [3.63, 3.8) is 0 Å². The molecule has 6 rings (SSSR count). The van der Waals surface area contributed by atoms with E-state index in [1.54, 1.807) is 6.92 Å². The van der Waals surface area contributed by atoms with E-state index in [9.17, 15) is 15.3 Å². The molecular formula is C40H46O10. The van der Waals surface area contributed by atoms with Gasteiger partial charge in [0, 0.05) is 0 Å². The standard InChI is InChI=1S/C40H46O10/c1-27-33(41)36(45-23-29-16-8-3-9-17-29)34(42)40(49-27)48-26-32-35(44-22-28-14-6-2-7-15-28)37(46-24-30-18-10-4-11-19-30)38(39(43)50-32)47-25-31-20-12-5-13-21-31/h2-21,27,32-43H,22-26H2,1H3/t27-,32+,33-,34+,35+,36+,37-,38+,39-,40-/m0/s1. The lowest BCUT2D eigenvalue weighted by Crippen LogP contribution is -2.62. The summed E-state index contributed by atoms with van der Waals surface area (Å²) in [5, 5.41) is 33.5. The molecular weight excluding hydrogens is 640 g/mol. The quantitative estimate of drug-likeness (QED) is 0.164. The zero-order chi connectivity index (χ0) is 34.7. The summed E-state index contributed by atoms with van der Waals surface area (Å²) in [7, 11) is 0. The Morgan fingerprint density at radius 3 is 1.32 bits per heavy atom. The van der Waals surface area contributed by atoms with Gasteiger partial charge in [0.25, 0.3) is 0 Å². The second-order valence-electron chi connectivity index (χ2n) is 12.6. The average Bonchev–Trinajstić information content (AvgIpc) is 3.15. The van der Waals surface area contributed by atoms with Crippen molar-refractivity contribution >= 4 is 0 Å². The minimum atomic E-state index is -1.38. The Balaban J connectivity index is 1.20. The summed E-state index contributed by atoms with van der Waals surface area (Å²) in [5.41, 5.74) is 3.71. The highest BCUT2D eigenvalue weighted by Crippen LogP contribution is 2.31. The van der Waals surface area contributed by atoms with E-state index in [1.807, 2.05) is 121 Å². The third-order valence-electron chi connectivity index (χ3n) is 8.96. The Kier molecular flexibility index (Phi) is 13.1. The fourth-order valence-corrected chi connectivity index (χ4v) is 6.19. The van der Waals surface area contributed by atoms with E-state index in [1.165, 1.54) is 0 Å². The summed E-state index contributed by atoms with van der Waals surface area (Å²) in [6.45, 7) is 2.44. The van der Waals surface area contributed by atoms with Gasteiger partial charge in [-0.2, -0.15) is 0 Å². The average molecular weight is 687 g/mol. The van der Waals surface area contributed by atoms with Crippen LogP contribution >= 0.6 is 0 Å². The molecule has 4 aromatic rings. The number of ether oxygens (including phenoxy) is 7. The van der Waals surface area contributed by atoms with Crippen LogP contribution in [0.15, 0.2) is 121 Å². The summed E-state index contributed by atoms with van der Waals surface area (Å²) in [6, 6.07) is 38.6. The predicted molar refractivity (Wildman–Crippen MR) is 183 cm³/mol. The molecule has 2 heterocycles. The van der Waals surface area contributed by atoms with E-state index in [2.05, 4.69) is 0 Å². The number of aliphatic hydroxyl groups excluding tert-OH is 3. The van der Waals surface area contributed by atoms with E-state index < -0.39 is 61.4 Å². The van der Waals surface area contributed by atoms with Crippen LogP contribution in [-0.2, 0) is 59.6 Å². The number of hydrogen-bond acceptors (Lipinski definition) is 10. The van der Waals surface area contributed by atoms with Crippen molar-refractivity contribution < 1.29 is 48.5 Å². The largest absolute Gasteiger partial charge is 0.388 e. The molecule has 0 spiro atoms. The zero-order valence-electron chi connectivity index (χ0n) is 28.1. The maximum atomic E-state index is 11.4. The molecule has 4 aromatic carbocycles. The predicted octanol–water partition coefficient (Wildman–Crippen LogP) is 4.53. The molecule has 3 N–H and O–H groups in total. The molecule has 2 aliphatic rings. The first-order chi connectivity index (χ1) is 24.5. The maximum absolute atomic E-state index is 11.4. The zero-order valence-corrected chi connectivity index (χ0v) is 28.1. The molecule has 2 fully saturated rings. The Hall–Kier alpha value is -3.52. The monoisotopic (exact) mass is 686 g/mol. The molecule has 0 unspecified atom stereocenters. The van der Waals surface area contributed by atoms with E-state index >= 15 is 0 Å². The Labute approximate surface area is 293 Å². The summed E-state index contributed by atoms with van der Waals surface area (Å²) in [4.78, 5) is 0. The van der Waals surface area contributed by atoms with Crippen molar-refractivity contribution in [3.8, 4) is 0 Å².